The van der Waals surface area contributed by atoms with Crippen molar-refractivity contribution in [3.05, 3.63) is 23.9 Å². The number of carbonyl (C=O) groups excluding carboxylic acids is 2. The molecule has 130 valence electrons. The molecule has 1 aromatic heterocycles. The Labute approximate surface area is 143 Å². The van der Waals surface area contributed by atoms with E-state index in [-0.39, 0.29) is 18.0 Å². The minimum Gasteiger partial charge on any atom is -0.345 e. The van der Waals surface area contributed by atoms with Gasteiger partial charge in [-0.1, -0.05) is 12.8 Å². The Kier molecular flexibility index (Phi) is 4.73. The van der Waals surface area contributed by atoms with Crippen molar-refractivity contribution in [1.82, 2.24) is 14.8 Å². The number of aromatic nitrogens is 1. The third kappa shape index (κ3) is 3.23. The average molecular weight is 330 g/mol. The van der Waals surface area contributed by atoms with E-state index < -0.39 is 0 Å². The van der Waals surface area contributed by atoms with E-state index in [1.165, 1.54) is 24.2 Å². The number of nitrogens with zero attached hydrogens (tertiary/aromatic N) is 3. The van der Waals surface area contributed by atoms with Gasteiger partial charge in [-0.05, 0) is 44.2 Å². The van der Waals surface area contributed by atoms with Crippen LogP contribution in [0.3, 0.4) is 0 Å². The molecule has 2 fully saturated rings. The molecule has 1 aromatic rings. The van der Waals surface area contributed by atoms with E-state index in [0.717, 1.165) is 12.8 Å². The van der Waals surface area contributed by atoms with Gasteiger partial charge in [0.15, 0.2) is 0 Å². The van der Waals surface area contributed by atoms with Crippen LogP contribution in [0, 0.1) is 5.92 Å². The molecule has 3 amide bonds. The topological polar surface area (TPSA) is 65.5 Å². The van der Waals surface area contributed by atoms with E-state index >= 15 is 0 Å². The Morgan fingerprint density at radius 1 is 1.29 bits per heavy atom. The Bertz CT molecular complexity index is 631. The van der Waals surface area contributed by atoms with Crippen molar-refractivity contribution < 1.29 is 9.59 Å². The summed E-state index contributed by atoms with van der Waals surface area (Å²) in [6.07, 6.45) is 7.44. The molecule has 1 aliphatic heterocycles. The highest BCUT2D eigenvalue weighted by Gasteiger charge is 2.42. The molecule has 1 aliphatic carbocycles. The molecule has 2 aliphatic rings. The van der Waals surface area contributed by atoms with Crippen LogP contribution in [0.2, 0.25) is 0 Å². The molecule has 1 N–H and O–H groups in total. The number of fused-ring (bicyclic) bond motifs is 1. The fourth-order valence-electron chi connectivity index (χ4n) is 4.12. The van der Waals surface area contributed by atoms with Crippen LogP contribution in [0.4, 0.5) is 10.6 Å². The molecule has 1 saturated heterocycles. The van der Waals surface area contributed by atoms with Gasteiger partial charge in [-0.15, -0.1) is 0 Å². The lowest BCUT2D eigenvalue weighted by Crippen LogP contribution is -2.44. The quantitative estimate of drug-likeness (QED) is 0.906. The number of nitrogens with one attached hydrogen (secondary N) is 1. The van der Waals surface area contributed by atoms with Gasteiger partial charge in [0.1, 0.15) is 5.82 Å². The van der Waals surface area contributed by atoms with Crippen LogP contribution < -0.4 is 5.32 Å². The van der Waals surface area contributed by atoms with E-state index in [1.54, 1.807) is 32.4 Å². The minimum absolute atomic E-state index is 0.0983. The molecule has 0 aromatic carbocycles. The molecule has 0 radical (unpaired) electrons. The van der Waals surface area contributed by atoms with Crippen LogP contribution >= 0.6 is 0 Å². The number of anilines is 1. The van der Waals surface area contributed by atoms with Gasteiger partial charge in [-0.25, -0.2) is 9.78 Å². The van der Waals surface area contributed by atoms with Crippen LogP contribution in [0.25, 0.3) is 0 Å². The standard InChI is InChI=1S/C18H26N4O2/c1-12-10-13-6-4-5-7-15(13)22(12)18(24)20-16-11-14(8-9-19-16)17(23)21(2)3/h8-9,11-13,15H,4-7,10H2,1-3H3,(H,19,20,24). The predicted molar refractivity (Wildman–Crippen MR) is 92.9 cm³/mol. The van der Waals surface area contributed by atoms with E-state index in [0.29, 0.717) is 23.3 Å². The lowest BCUT2D eigenvalue weighted by molar-refractivity contribution is 0.0827. The first-order chi connectivity index (χ1) is 11.5. The van der Waals surface area contributed by atoms with Crippen molar-refractivity contribution in [1.29, 1.82) is 0 Å². The summed E-state index contributed by atoms with van der Waals surface area (Å²) in [5.41, 5.74) is 0.523. The third-order valence-electron chi connectivity index (χ3n) is 5.23. The van der Waals surface area contributed by atoms with Gasteiger partial charge in [-0.2, -0.15) is 0 Å². The maximum absolute atomic E-state index is 12.8. The fraction of sp³-hybridized carbons (Fsp3) is 0.611. The molecule has 3 atom stereocenters. The van der Waals surface area contributed by atoms with E-state index in [9.17, 15) is 9.59 Å². The lowest BCUT2D eigenvalue weighted by atomic mass is 9.85. The van der Waals surface area contributed by atoms with Crippen LogP contribution in [0.1, 0.15) is 49.4 Å². The summed E-state index contributed by atoms with van der Waals surface area (Å²) in [5, 5.41) is 2.89. The second-order valence-electron chi connectivity index (χ2n) is 7.16. The molecular formula is C18H26N4O2. The van der Waals surface area contributed by atoms with Gasteiger partial charge in [-0.3, -0.25) is 10.1 Å². The number of pyridine rings is 1. The van der Waals surface area contributed by atoms with Gasteiger partial charge in [0, 0.05) is 37.9 Å². The molecular weight excluding hydrogens is 304 g/mol. The van der Waals surface area contributed by atoms with E-state index in [4.69, 9.17) is 0 Å². The molecule has 0 bridgehead atoms. The Hall–Kier alpha value is -2.11. The number of hydrogen-bond donors (Lipinski definition) is 1. The highest BCUT2D eigenvalue weighted by Crippen LogP contribution is 2.39. The van der Waals surface area contributed by atoms with Crippen molar-refractivity contribution in [2.45, 2.75) is 51.1 Å². The number of amides is 3. The zero-order chi connectivity index (χ0) is 17.3. The fourth-order valence-corrected chi connectivity index (χ4v) is 4.12. The molecule has 6 nitrogen and oxygen atoms in total. The van der Waals surface area contributed by atoms with Gasteiger partial charge in [0.2, 0.25) is 0 Å². The van der Waals surface area contributed by atoms with Gasteiger partial charge in [0.25, 0.3) is 5.91 Å². The van der Waals surface area contributed by atoms with Crippen LogP contribution in [-0.2, 0) is 0 Å². The lowest BCUT2D eigenvalue weighted by Gasteiger charge is -2.33. The van der Waals surface area contributed by atoms with Crippen molar-refractivity contribution >= 4 is 17.8 Å². The first-order valence-corrected chi connectivity index (χ1v) is 8.74. The molecule has 2 heterocycles. The first kappa shape index (κ1) is 16.7. The number of carbonyl (C=O) groups is 2. The number of hydrogen-bond acceptors (Lipinski definition) is 3. The Morgan fingerprint density at radius 2 is 2.04 bits per heavy atom. The second kappa shape index (κ2) is 6.79. The van der Waals surface area contributed by atoms with Crippen molar-refractivity contribution in [3.63, 3.8) is 0 Å². The smallest absolute Gasteiger partial charge is 0.323 e. The molecule has 24 heavy (non-hydrogen) atoms. The van der Waals surface area contributed by atoms with Gasteiger partial charge in [0.05, 0.1) is 0 Å². The second-order valence-corrected chi connectivity index (χ2v) is 7.16. The van der Waals surface area contributed by atoms with Crippen LogP contribution in [0.15, 0.2) is 18.3 Å². The molecule has 3 unspecified atom stereocenters. The highest BCUT2D eigenvalue weighted by atomic mass is 16.2. The van der Waals surface area contributed by atoms with Crippen LogP contribution in [-0.4, -0.2) is 52.9 Å². The minimum atomic E-state index is -0.102. The summed E-state index contributed by atoms with van der Waals surface area (Å²) in [5.74, 6) is 0.961. The molecule has 0 spiro atoms. The maximum Gasteiger partial charge on any atom is 0.323 e. The van der Waals surface area contributed by atoms with Gasteiger partial charge >= 0.3 is 6.03 Å². The van der Waals surface area contributed by atoms with E-state index in [2.05, 4.69) is 17.2 Å². The summed E-state index contributed by atoms with van der Waals surface area (Å²) in [6, 6.07) is 3.80. The third-order valence-corrected chi connectivity index (χ3v) is 5.23. The predicted octanol–water partition coefficient (Wildman–Crippen LogP) is 2.97. The monoisotopic (exact) mass is 330 g/mol. The zero-order valence-electron chi connectivity index (χ0n) is 14.7. The Balaban J connectivity index is 1.73. The summed E-state index contributed by atoms with van der Waals surface area (Å²) in [4.78, 5) is 32.5. The Morgan fingerprint density at radius 3 is 2.79 bits per heavy atom. The summed E-state index contributed by atoms with van der Waals surface area (Å²) < 4.78 is 0. The molecule has 6 heteroatoms. The van der Waals surface area contributed by atoms with Crippen molar-refractivity contribution in [2.75, 3.05) is 19.4 Å². The zero-order valence-corrected chi connectivity index (χ0v) is 14.7. The largest absolute Gasteiger partial charge is 0.345 e. The highest BCUT2D eigenvalue weighted by molar-refractivity contribution is 5.96. The number of urea groups is 1. The van der Waals surface area contributed by atoms with E-state index in [1.807, 2.05) is 4.90 Å². The normalized spacial score (nSPS) is 26.0. The number of rotatable bonds is 2. The van der Waals surface area contributed by atoms with Gasteiger partial charge < -0.3 is 9.80 Å². The molecule has 1 saturated carbocycles. The average Bonchev–Trinajstić information content (AvgIpc) is 2.90. The first-order valence-electron chi connectivity index (χ1n) is 8.74. The summed E-state index contributed by atoms with van der Waals surface area (Å²) >= 11 is 0. The number of likely N-dealkylation sites (tertiary alicyclic amines) is 1. The SMILES string of the molecule is CC1CC2CCCCC2N1C(=O)Nc1cc(C(=O)N(C)C)ccn1. The van der Waals surface area contributed by atoms with Crippen LogP contribution in [0.5, 0.6) is 0 Å². The summed E-state index contributed by atoms with van der Waals surface area (Å²) in [6.45, 7) is 2.12. The molecule has 3 rings (SSSR count). The maximum atomic E-state index is 12.8. The van der Waals surface area contributed by atoms with Crippen molar-refractivity contribution in [2.24, 2.45) is 5.92 Å². The summed E-state index contributed by atoms with van der Waals surface area (Å²) in [7, 11) is 3.41. The van der Waals surface area contributed by atoms with Crippen molar-refractivity contribution in [3.8, 4) is 0 Å².